The molecule has 1 aromatic rings. The molecule has 1 saturated heterocycles. The third-order valence-electron chi connectivity index (χ3n) is 5.08. The number of benzene rings is 1. The van der Waals surface area contributed by atoms with Gasteiger partial charge < -0.3 is 35.2 Å². The summed E-state index contributed by atoms with van der Waals surface area (Å²) in [6.07, 6.45) is 0. The van der Waals surface area contributed by atoms with Crippen LogP contribution in [0.25, 0.3) is 0 Å². The number of nitrogens with zero attached hydrogens (tertiary/aromatic N) is 1. The standard InChI is InChI=1S/C22H27N3O6S.H3O4P/c1-12-10-32-19-15(24-17(26)14(23)13-8-6-5-7-9-13)18(27)25(19)16(12)20(28)30-11-31-21(29)22(2,3)4;1-5(2,3)4/h5-9,14-15,19H,10-11,23H2,1-4H3,(H,24,26);(H3,1,2,3,4)/t14?,15-,19-;/m1./s1. The average molecular weight is 560 g/mol. The highest BCUT2D eigenvalue weighted by atomic mass is 32.2. The molecule has 2 heterocycles. The van der Waals surface area contributed by atoms with E-state index in [0.29, 0.717) is 16.9 Å². The van der Waals surface area contributed by atoms with Crippen molar-refractivity contribution in [1.82, 2.24) is 10.2 Å². The summed E-state index contributed by atoms with van der Waals surface area (Å²) in [6.45, 7) is 6.24. The van der Waals surface area contributed by atoms with Gasteiger partial charge in [0.05, 0.1) is 5.41 Å². The topological polar surface area (TPSA) is 206 Å². The molecule has 2 aliphatic rings. The van der Waals surface area contributed by atoms with Crippen LogP contribution in [0.2, 0.25) is 0 Å². The van der Waals surface area contributed by atoms with E-state index in [1.165, 1.54) is 16.7 Å². The molecule has 204 valence electrons. The molecule has 15 heteroatoms. The van der Waals surface area contributed by atoms with Crippen molar-refractivity contribution in [2.24, 2.45) is 11.1 Å². The predicted octanol–water partition coefficient (Wildman–Crippen LogP) is 0.522. The third kappa shape index (κ3) is 8.38. The summed E-state index contributed by atoms with van der Waals surface area (Å²) < 4.78 is 18.9. The molecule has 1 aromatic carbocycles. The van der Waals surface area contributed by atoms with E-state index in [0.717, 1.165) is 0 Å². The second kappa shape index (κ2) is 12.2. The van der Waals surface area contributed by atoms with Crippen LogP contribution in [-0.2, 0) is 33.2 Å². The molecule has 0 radical (unpaired) electrons. The molecular weight excluding hydrogens is 529 g/mol. The summed E-state index contributed by atoms with van der Waals surface area (Å²) >= 11 is 1.43. The maximum atomic E-state index is 12.8. The van der Waals surface area contributed by atoms with Gasteiger partial charge in [-0.3, -0.25) is 19.3 Å². The Morgan fingerprint density at radius 1 is 1.19 bits per heavy atom. The molecule has 3 atom stereocenters. The van der Waals surface area contributed by atoms with Crippen molar-refractivity contribution in [1.29, 1.82) is 0 Å². The van der Waals surface area contributed by atoms with E-state index in [4.69, 9.17) is 34.5 Å². The van der Waals surface area contributed by atoms with Gasteiger partial charge in [0.15, 0.2) is 0 Å². The SMILES string of the molecule is CC1=C(C(=O)OCOC(=O)C(C)(C)C)N2C(=O)[C@@H](NC(=O)C(N)c3ccccc3)[C@H]2SC1.O=P(O)(O)O. The fraction of sp³-hybridized carbons (Fsp3) is 0.455. The zero-order chi connectivity index (χ0) is 28.1. The summed E-state index contributed by atoms with van der Waals surface area (Å²) in [5.74, 6) is -1.68. The number of hydrogen-bond donors (Lipinski definition) is 5. The fourth-order valence-electron chi connectivity index (χ4n) is 3.24. The summed E-state index contributed by atoms with van der Waals surface area (Å²) in [7, 11) is -4.64. The number of ether oxygens (including phenoxy) is 2. The molecule has 3 rings (SSSR count). The number of thioether (sulfide) groups is 1. The third-order valence-corrected chi connectivity index (χ3v) is 6.51. The lowest BCUT2D eigenvalue weighted by atomic mass is 9.98. The van der Waals surface area contributed by atoms with Gasteiger partial charge in [-0.15, -0.1) is 11.8 Å². The maximum absolute atomic E-state index is 12.8. The summed E-state index contributed by atoms with van der Waals surface area (Å²) in [5, 5.41) is 2.25. The van der Waals surface area contributed by atoms with Crippen LogP contribution < -0.4 is 11.1 Å². The van der Waals surface area contributed by atoms with Crippen molar-refractivity contribution < 1.29 is 47.9 Å². The molecule has 13 nitrogen and oxygen atoms in total. The maximum Gasteiger partial charge on any atom is 0.466 e. The van der Waals surface area contributed by atoms with Crippen molar-refractivity contribution in [2.45, 2.75) is 45.2 Å². The number of carbonyl (C=O) groups excluding carboxylic acids is 4. The van der Waals surface area contributed by atoms with Gasteiger partial charge in [-0.25, -0.2) is 9.36 Å². The number of fused-ring (bicyclic) bond motifs is 1. The molecule has 1 fully saturated rings. The second-order valence-corrected chi connectivity index (χ2v) is 11.3. The van der Waals surface area contributed by atoms with Gasteiger partial charge in [0.25, 0.3) is 5.91 Å². The molecular formula is C22H30N3O10PS. The van der Waals surface area contributed by atoms with Crippen molar-refractivity contribution in [3.8, 4) is 0 Å². The zero-order valence-electron chi connectivity index (χ0n) is 20.6. The number of phosphoric acid groups is 1. The highest BCUT2D eigenvalue weighted by molar-refractivity contribution is 8.00. The largest absolute Gasteiger partial charge is 0.466 e. The number of carbonyl (C=O) groups is 4. The van der Waals surface area contributed by atoms with Crippen molar-refractivity contribution in [3.05, 3.63) is 47.2 Å². The molecule has 0 bridgehead atoms. The van der Waals surface area contributed by atoms with Crippen LogP contribution in [0.4, 0.5) is 0 Å². The Morgan fingerprint density at radius 3 is 2.30 bits per heavy atom. The Hall–Kier alpha value is -2.74. The van der Waals surface area contributed by atoms with E-state index in [1.54, 1.807) is 52.0 Å². The van der Waals surface area contributed by atoms with Gasteiger partial charge >= 0.3 is 19.8 Å². The highest BCUT2D eigenvalue weighted by Crippen LogP contribution is 2.40. The monoisotopic (exact) mass is 559 g/mol. The first-order valence-electron chi connectivity index (χ1n) is 10.9. The molecule has 37 heavy (non-hydrogen) atoms. The minimum atomic E-state index is -4.64. The van der Waals surface area contributed by atoms with Crippen LogP contribution in [0, 0.1) is 5.41 Å². The second-order valence-electron chi connectivity index (χ2n) is 9.16. The molecule has 0 saturated carbocycles. The van der Waals surface area contributed by atoms with Gasteiger partial charge in [0.1, 0.15) is 23.2 Å². The molecule has 2 aliphatic heterocycles. The molecule has 0 aromatic heterocycles. The fourth-order valence-corrected chi connectivity index (χ4v) is 4.53. The van der Waals surface area contributed by atoms with E-state index in [9.17, 15) is 19.2 Å². The van der Waals surface area contributed by atoms with Gasteiger partial charge in [0.2, 0.25) is 12.7 Å². The van der Waals surface area contributed by atoms with Crippen LogP contribution >= 0.6 is 19.6 Å². The first kappa shape index (κ1) is 30.5. The number of rotatable bonds is 6. The molecule has 0 spiro atoms. The number of nitrogens with one attached hydrogen (secondary N) is 1. The van der Waals surface area contributed by atoms with Crippen LogP contribution in [0.5, 0.6) is 0 Å². The lowest BCUT2D eigenvalue weighted by Crippen LogP contribution is -2.71. The van der Waals surface area contributed by atoms with Crippen molar-refractivity contribution in [3.63, 3.8) is 0 Å². The Bertz CT molecular complexity index is 1110. The number of esters is 2. The highest BCUT2D eigenvalue weighted by Gasteiger charge is 2.54. The average Bonchev–Trinajstić information content (AvgIpc) is 2.80. The smallest absolute Gasteiger partial charge is 0.427 e. The molecule has 1 unspecified atom stereocenters. The molecule has 0 aliphatic carbocycles. The van der Waals surface area contributed by atoms with Crippen molar-refractivity contribution >= 4 is 43.3 Å². The lowest BCUT2D eigenvalue weighted by molar-refractivity contribution is -0.173. The summed E-state index contributed by atoms with van der Waals surface area (Å²) in [5.41, 5.74) is 6.70. The Kier molecular flexibility index (Phi) is 10.1. The van der Waals surface area contributed by atoms with Crippen LogP contribution in [0.1, 0.15) is 39.3 Å². The number of hydrogen-bond acceptors (Lipinski definition) is 9. The van der Waals surface area contributed by atoms with E-state index in [-0.39, 0.29) is 5.70 Å². The van der Waals surface area contributed by atoms with Gasteiger partial charge in [-0.2, -0.15) is 0 Å². The van der Waals surface area contributed by atoms with Crippen LogP contribution in [-0.4, -0.2) is 67.3 Å². The first-order valence-corrected chi connectivity index (χ1v) is 13.5. The first-order chi connectivity index (χ1) is 17.0. The predicted molar refractivity (Wildman–Crippen MR) is 132 cm³/mol. The van der Waals surface area contributed by atoms with E-state index in [2.05, 4.69) is 5.32 Å². The summed E-state index contributed by atoms with van der Waals surface area (Å²) in [6, 6.07) is 7.14. The molecule has 6 N–H and O–H groups in total. The van der Waals surface area contributed by atoms with E-state index >= 15 is 0 Å². The normalized spacial score (nSPS) is 20.0. The Morgan fingerprint density at radius 2 is 1.76 bits per heavy atom. The van der Waals surface area contributed by atoms with Gasteiger partial charge in [-0.1, -0.05) is 30.3 Å². The lowest BCUT2D eigenvalue weighted by Gasteiger charge is -2.49. The summed E-state index contributed by atoms with van der Waals surface area (Å²) in [4.78, 5) is 72.7. The Labute approximate surface area is 217 Å². The Balaban J connectivity index is 0.000000877. The van der Waals surface area contributed by atoms with Crippen LogP contribution in [0.15, 0.2) is 41.6 Å². The molecule has 2 amide bonds. The zero-order valence-corrected chi connectivity index (χ0v) is 22.3. The number of β-lactam (4-membered cyclic amide) rings is 1. The minimum Gasteiger partial charge on any atom is -0.427 e. The van der Waals surface area contributed by atoms with E-state index in [1.807, 2.05) is 6.07 Å². The van der Waals surface area contributed by atoms with Crippen molar-refractivity contribution in [2.75, 3.05) is 12.5 Å². The minimum absolute atomic E-state index is 0.114. The van der Waals surface area contributed by atoms with E-state index < -0.39 is 61.2 Å². The van der Waals surface area contributed by atoms with Crippen LogP contribution in [0.3, 0.4) is 0 Å². The number of amides is 2. The van der Waals surface area contributed by atoms with Gasteiger partial charge in [-0.05, 0) is 38.8 Å². The van der Waals surface area contributed by atoms with Gasteiger partial charge in [0, 0.05) is 5.75 Å². The number of nitrogens with two attached hydrogens (primary N) is 1. The quantitative estimate of drug-likeness (QED) is 0.140.